The summed E-state index contributed by atoms with van der Waals surface area (Å²) in [5.41, 5.74) is 8.52. The fourth-order valence-corrected chi connectivity index (χ4v) is 2.88. The molecule has 1 aromatic heterocycles. The number of thiazole rings is 1. The molecule has 0 bridgehead atoms. The van der Waals surface area contributed by atoms with Gasteiger partial charge in [0, 0.05) is 17.0 Å². The molecule has 1 heterocycles. The van der Waals surface area contributed by atoms with Crippen molar-refractivity contribution >= 4 is 11.3 Å². The van der Waals surface area contributed by atoms with E-state index in [0.717, 1.165) is 11.4 Å². The summed E-state index contributed by atoms with van der Waals surface area (Å²) in [7, 11) is 0. The van der Waals surface area contributed by atoms with Gasteiger partial charge in [0.1, 0.15) is 0 Å². The van der Waals surface area contributed by atoms with Gasteiger partial charge in [-0.15, -0.1) is 11.3 Å². The van der Waals surface area contributed by atoms with Gasteiger partial charge in [0.05, 0.1) is 5.01 Å². The summed E-state index contributed by atoms with van der Waals surface area (Å²) in [5.74, 6) is 0.398. The normalized spacial score (nSPS) is 12.6. The van der Waals surface area contributed by atoms with Crippen LogP contribution in [0.25, 0.3) is 0 Å². The van der Waals surface area contributed by atoms with Crippen molar-refractivity contribution in [1.29, 1.82) is 0 Å². The third kappa shape index (κ3) is 3.14. The number of nitrogens with two attached hydrogens (primary N) is 1. The zero-order valence-corrected chi connectivity index (χ0v) is 11.1. The van der Waals surface area contributed by atoms with E-state index in [9.17, 15) is 0 Å². The highest BCUT2D eigenvalue weighted by atomic mass is 32.1. The topological polar surface area (TPSA) is 38.9 Å². The van der Waals surface area contributed by atoms with Gasteiger partial charge < -0.3 is 5.73 Å². The fourth-order valence-electron chi connectivity index (χ4n) is 2.00. The van der Waals surface area contributed by atoms with Crippen molar-refractivity contribution in [3.8, 4) is 0 Å². The standard InChI is InChI=1S/C14H18N2S/c1-10-4-3-5-12(6-10)13(8-15)7-14-9-16-11(2)17-14/h3-6,9,13H,7-8,15H2,1-2H3. The number of rotatable bonds is 4. The molecular weight excluding hydrogens is 228 g/mol. The number of benzene rings is 1. The van der Waals surface area contributed by atoms with E-state index in [1.165, 1.54) is 16.0 Å². The molecule has 0 aliphatic carbocycles. The quantitative estimate of drug-likeness (QED) is 0.900. The summed E-state index contributed by atoms with van der Waals surface area (Å²) in [6.45, 7) is 4.84. The van der Waals surface area contributed by atoms with E-state index in [4.69, 9.17) is 5.73 Å². The van der Waals surface area contributed by atoms with Crippen molar-refractivity contribution in [1.82, 2.24) is 4.98 Å². The molecule has 0 saturated carbocycles. The second-order valence-electron chi connectivity index (χ2n) is 4.40. The van der Waals surface area contributed by atoms with Crippen LogP contribution in [0.3, 0.4) is 0 Å². The van der Waals surface area contributed by atoms with Crippen molar-refractivity contribution < 1.29 is 0 Å². The van der Waals surface area contributed by atoms with Crippen molar-refractivity contribution in [3.05, 3.63) is 51.5 Å². The molecule has 1 aromatic carbocycles. The van der Waals surface area contributed by atoms with Gasteiger partial charge in [-0.2, -0.15) is 0 Å². The zero-order valence-electron chi connectivity index (χ0n) is 10.3. The molecule has 2 nitrogen and oxygen atoms in total. The molecule has 90 valence electrons. The summed E-state index contributed by atoms with van der Waals surface area (Å²) in [4.78, 5) is 5.61. The van der Waals surface area contributed by atoms with E-state index < -0.39 is 0 Å². The highest BCUT2D eigenvalue weighted by molar-refractivity contribution is 7.11. The highest BCUT2D eigenvalue weighted by Gasteiger charge is 2.12. The van der Waals surface area contributed by atoms with Crippen LogP contribution in [-0.4, -0.2) is 11.5 Å². The van der Waals surface area contributed by atoms with Crippen molar-refractivity contribution in [3.63, 3.8) is 0 Å². The van der Waals surface area contributed by atoms with Gasteiger partial charge >= 0.3 is 0 Å². The first-order valence-corrected chi connectivity index (χ1v) is 6.68. The average molecular weight is 246 g/mol. The maximum absolute atomic E-state index is 5.89. The Hall–Kier alpha value is -1.19. The molecular formula is C14H18N2S. The van der Waals surface area contributed by atoms with E-state index in [2.05, 4.69) is 36.2 Å². The molecule has 1 unspecified atom stereocenters. The minimum absolute atomic E-state index is 0.398. The Morgan fingerprint density at radius 2 is 2.18 bits per heavy atom. The maximum atomic E-state index is 5.89. The van der Waals surface area contributed by atoms with Gasteiger partial charge in [0.15, 0.2) is 0 Å². The first-order valence-electron chi connectivity index (χ1n) is 5.87. The molecule has 17 heavy (non-hydrogen) atoms. The number of hydrogen-bond donors (Lipinski definition) is 1. The molecule has 2 rings (SSSR count). The molecule has 0 aliphatic rings. The van der Waals surface area contributed by atoms with Crippen LogP contribution in [0.2, 0.25) is 0 Å². The first kappa shape index (κ1) is 12.3. The lowest BCUT2D eigenvalue weighted by atomic mass is 9.94. The number of hydrogen-bond acceptors (Lipinski definition) is 3. The Morgan fingerprint density at radius 3 is 2.76 bits per heavy atom. The van der Waals surface area contributed by atoms with Gasteiger partial charge in [0.2, 0.25) is 0 Å². The Morgan fingerprint density at radius 1 is 1.35 bits per heavy atom. The third-order valence-electron chi connectivity index (χ3n) is 2.91. The summed E-state index contributed by atoms with van der Waals surface area (Å²) in [5, 5.41) is 1.13. The van der Waals surface area contributed by atoms with Gasteiger partial charge in [-0.05, 0) is 32.4 Å². The van der Waals surface area contributed by atoms with Crippen LogP contribution in [0.4, 0.5) is 0 Å². The Kier molecular flexibility index (Phi) is 3.92. The Labute approximate surface area is 107 Å². The van der Waals surface area contributed by atoms with Crippen LogP contribution in [0.1, 0.15) is 26.9 Å². The van der Waals surface area contributed by atoms with E-state index in [0.29, 0.717) is 12.5 Å². The number of aromatic nitrogens is 1. The van der Waals surface area contributed by atoms with Gasteiger partial charge in [0.25, 0.3) is 0 Å². The lowest BCUT2D eigenvalue weighted by Gasteiger charge is -2.14. The average Bonchev–Trinajstić information content (AvgIpc) is 2.72. The van der Waals surface area contributed by atoms with Crippen LogP contribution < -0.4 is 5.73 Å². The van der Waals surface area contributed by atoms with Crippen LogP contribution in [0, 0.1) is 13.8 Å². The second kappa shape index (κ2) is 5.43. The molecule has 0 amide bonds. The van der Waals surface area contributed by atoms with E-state index in [1.807, 2.05) is 13.1 Å². The van der Waals surface area contributed by atoms with Crippen molar-refractivity contribution in [2.45, 2.75) is 26.2 Å². The Bertz CT molecular complexity index is 490. The smallest absolute Gasteiger partial charge is 0.0896 e. The predicted octanol–water partition coefficient (Wildman–Crippen LogP) is 3.04. The zero-order chi connectivity index (χ0) is 12.3. The van der Waals surface area contributed by atoms with E-state index in [-0.39, 0.29) is 0 Å². The largest absolute Gasteiger partial charge is 0.330 e. The summed E-state index contributed by atoms with van der Waals surface area (Å²) >= 11 is 1.76. The van der Waals surface area contributed by atoms with Crippen LogP contribution in [0.15, 0.2) is 30.5 Å². The SMILES string of the molecule is Cc1cccc(C(CN)Cc2cnc(C)s2)c1. The number of nitrogens with zero attached hydrogens (tertiary/aromatic N) is 1. The van der Waals surface area contributed by atoms with Gasteiger partial charge in [-0.25, -0.2) is 4.98 Å². The summed E-state index contributed by atoms with van der Waals surface area (Å²) in [6.07, 6.45) is 2.96. The van der Waals surface area contributed by atoms with Crippen LogP contribution >= 0.6 is 11.3 Å². The third-order valence-corrected chi connectivity index (χ3v) is 3.85. The molecule has 3 heteroatoms. The molecule has 2 N–H and O–H groups in total. The lowest BCUT2D eigenvalue weighted by molar-refractivity contribution is 0.699. The first-order chi connectivity index (χ1) is 8.19. The van der Waals surface area contributed by atoms with Crippen LogP contribution in [-0.2, 0) is 6.42 Å². The second-order valence-corrected chi connectivity index (χ2v) is 5.72. The lowest BCUT2D eigenvalue weighted by Crippen LogP contribution is -2.14. The fraction of sp³-hybridized carbons (Fsp3) is 0.357. The predicted molar refractivity (Wildman–Crippen MR) is 73.5 cm³/mol. The molecule has 0 aliphatic heterocycles. The maximum Gasteiger partial charge on any atom is 0.0896 e. The molecule has 0 radical (unpaired) electrons. The minimum atomic E-state index is 0.398. The minimum Gasteiger partial charge on any atom is -0.330 e. The monoisotopic (exact) mass is 246 g/mol. The van der Waals surface area contributed by atoms with Gasteiger partial charge in [-0.1, -0.05) is 29.8 Å². The summed E-state index contributed by atoms with van der Waals surface area (Å²) < 4.78 is 0. The van der Waals surface area contributed by atoms with Gasteiger partial charge in [-0.3, -0.25) is 0 Å². The molecule has 0 saturated heterocycles. The van der Waals surface area contributed by atoms with Crippen molar-refractivity contribution in [2.75, 3.05) is 6.54 Å². The van der Waals surface area contributed by atoms with Crippen molar-refractivity contribution in [2.24, 2.45) is 5.73 Å². The molecule has 2 aromatic rings. The summed E-state index contributed by atoms with van der Waals surface area (Å²) in [6, 6.07) is 8.61. The number of aryl methyl sites for hydroxylation is 2. The molecule has 0 fully saturated rings. The highest BCUT2D eigenvalue weighted by Crippen LogP contribution is 2.23. The Balaban J connectivity index is 2.16. The van der Waals surface area contributed by atoms with Crippen LogP contribution in [0.5, 0.6) is 0 Å². The molecule has 0 spiro atoms. The van der Waals surface area contributed by atoms with E-state index in [1.54, 1.807) is 11.3 Å². The molecule has 1 atom stereocenters. The van der Waals surface area contributed by atoms with E-state index >= 15 is 0 Å².